The van der Waals surface area contributed by atoms with Crippen molar-refractivity contribution in [2.75, 3.05) is 38.0 Å². The lowest BCUT2D eigenvalue weighted by atomic mass is 10.1. The summed E-state index contributed by atoms with van der Waals surface area (Å²) < 4.78 is 0. The van der Waals surface area contributed by atoms with Crippen LogP contribution >= 0.6 is 0 Å². The van der Waals surface area contributed by atoms with E-state index >= 15 is 0 Å². The van der Waals surface area contributed by atoms with E-state index in [1.165, 1.54) is 22.4 Å². The minimum Gasteiger partial charge on any atom is -0.381 e. The Labute approximate surface area is 177 Å². The maximum Gasteiger partial charge on any atom is 0.0991 e. The van der Waals surface area contributed by atoms with Crippen molar-refractivity contribution in [1.82, 2.24) is 9.80 Å². The van der Waals surface area contributed by atoms with Crippen LogP contribution in [0.5, 0.6) is 0 Å². The summed E-state index contributed by atoms with van der Waals surface area (Å²) in [6, 6.07) is 17.0. The Morgan fingerprint density at radius 2 is 1.52 bits per heavy atom. The molecule has 0 aromatic heterocycles. The fraction of sp³-hybridized carbons (Fsp3) is 0.480. The fourth-order valence-corrected chi connectivity index (χ4v) is 3.72. The molecule has 0 heterocycles. The zero-order valence-electron chi connectivity index (χ0n) is 18.7. The quantitative estimate of drug-likeness (QED) is 0.595. The summed E-state index contributed by atoms with van der Waals surface area (Å²) in [5, 5.41) is 12.8. The molecule has 1 unspecified atom stereocenters. The highest BCUT2D eigenvalue weighted by atomic mass is 15.2. The number of likely N-dealkylation sites (N-methyl/N-ethyl adjacent to an activating group) is 1. The number of anilines is 1. The summed E-state index contributed by atoms with van der Waals surface area (Å²) in [5.41, 5.74) is 5.80. The second kappa shape index (κ2) is 11.6. The molecule has 0 aliphatic carbocycles. The summed E-state index contributed by atoms with van der Waals surface area (Å²) in [6.45, 7) is 17.2. The molecule has 2 rings (SSSR count). The normalized spacial score (nSPS) is 12.2. The van der Waals surface area contributed by atoms with Crippen molar-refractivity contribution in [1.29, 1.82) is 5.26 Å². The summed E-state index contributed by atoms with van der Waals surface area (Å²) in [6.07, 6.45) is 0. The molecule has 0 amide bonds. The van der Waals surface area contributed by atoms with E-state index in [1.54, 1.807) is 0 Å². The highest BCUT2D eigenvalue weighted by molar-refractivity contribution is 5.57. The molecule has 0 aliphatic rings. The molecule has 0 bridgehead atoms. The highest BCUT2D eigenvalue weighted by Crippen LogP contribution is 2.20. The fourth-order valence-electron chi connectivity index (χ4n) is 3.72. The van der Waals surface area contributed by atoms with E-state index in [1.807, 2.05) is 12.1 Å². The number of nitriles is 1. The molecule has 29 heavy (non-hydrogen) atoms. The van der Waals surface area contributed by atoms with E-state index in [2.05, 4.69) is 86.1 Å². The van der Waals surface area contributed by atoms with Gasteiger partial charge < -0.3 is 10.2 Å². The Morgan fingerprint density at radius 3 is 2.07 bits per heavy atom. The van der Waals surface area contributed by atoms with Gasteiger partial charge in [-0.3, -0.25) is 4.90 Å². The van der Waals surface area contributed by atoms with Crippen LogP contribution in [0.2, 0.25) is 0 Å². The largest absolute Gasteiger partial charge is 0.381 e. The van der Waals surface area contributed by atoms with Crippen molar-refractivity contribution in [3.05, 3.63) is 64.7 Å². The predicted molar refractivity (Wildman–Crippen MR) is 123 cm³/mol. The van der Waals surface area contributed by atoms with Crippen molar-refractivity contribution in [2.24, 2.45) is 0 Å². The van der Waals surface area contributed by atoms with Crippen molar-refractivity contribution in [2.45, 2.75) is 47.2 Å². The van der Waals surface area contributed by atoms with E-state index in [0.29, 0.717) is 11.6 Å². The Bertz CT molecular complexity index is 767. The van der Waals surface area contributed by atoms with E-state index in [0.717, 1.165) is 39.3 Å². The van der Waals surface area contributed by atoms with Gasteiger partial charge in [-0.2, -0.15) is 5.26 Å². The first kappa shape index (κ1) is 22.9. The lowest BCUT2D eigenvalue weighted by Gasteiger charge is -2.30. The van der Waals surface area contributed by atoms with Crippen molar-refractivity contribution >= 4 is 5.69 Å². The molecule has 0 saturated heterocycles. The molecule has 2 aromatic rings. The zero-order chi connectivity index (χ0) is 21.2. The van der Waals surface area contributed by atoms with E-state index in [-0.39, 0.29) is 0 Å². The van der Waals surface area contributed by atoms with Crippen LogP contribution in [0.3, 0.4) is 0 Å². The van der Waals surface area contributed by atoms with Gasteiger partial charge in [0.25, 0.3) is 0 Å². The van der Waals surface area contributed by atoms with Gasteiger partial charge in [0.1, 0.15) is 0 Å². The molecule has 0 radical (unpaired) electrons. The van der Waals surface area contributed by atoms with Crippen LogP contribution in [0.25, 0.3) is 0 Å². The third kappa shape index (κ3) is 7.20. The SMILES string of the molecule is CCN(CC)CCN(Cc1ccc(C#N)cc1)CC(C)Nc1c(C)cccc1C. The van der Waals surface area contributed by atoms with Gasteiger partial charge in [-0.25, -0.2) is 0 Å². The smallest absolute Gasteiger partial charge is 0.0991 e. The average molecular weight is 393 g/mol. The lowest BCUT2D eigenvalue weighted by Crippen LogP contribution is -2.40. The number of aryl methyl sites for hydroxylation is 2. The van der Waals surface area contributed by atoms with Crippen LogP contribution in [0, 0.1) is 25.2 Å². The van der Waals surface area contributed by atoms with Crippen LogP contribution < -0.4 is 5.32 Å². The standard InChI is InChI=1S/C25H36N4/c1-6-28(7-2)15-16-29(19-24-13-11-23(17-26)12-14-24)18-22(5)27-25-20(3)9-8-10-21(25)4/h8-14,22,27H,6-7,15-16,18-19H2,1-5H3. The molecule has 1 atom stereocenters. The number of rotatable bonds is 11. The van der Waals surface area contributed by atoms with Gasteiger partial charge in [-0.05, 0) is 62.7 Å². The van der Waals surface area contributed by atoms with E-state index in [9.17, 15) is 0 Å². The second-order valence-corrected chi connectivity index (χ2v) is 7.88. The van der Waals surface area contributed by atoms with Crippen molar-refractivity contribution < 1.29 is 0 Å². The van der Waals surface area contributed by atoms with Crippen LogP contribution in [0.15, 0.2) is 42.5 Å². The van der Waals surface area contributed by atoms with Gasteiger partial charge in [-0.1, -0.05) is 44.2 Å². The first-order valence-corrected chi connectivity index (χ1v) is 10.7. The third-order valence-electron chi connectivity index (χ3n) is 5.52. The molecular formula is C25H36N4. The first-order valence-electron chi connectivity index (χ1n) is 10.7. The molecule has 1 N–H and O–H groups in total. The van der Waals surface area contributed by atoms with E-state index < -0.39 is 0 Å². The van der Waals surface area contributed by atoms with Crippen LogP contribution in [-0.2, 0) is 6.54 Å². The van der Waals surface area contributed by atoms with Crippen LogP contribution in [0.1, 0.15) is 43.0 Å². The summed E-state index contributed by atoms with van der Waals surface area (Å²) in [7, 11) is 0. The predicted octanol–water partition coefficient (Wildman–Crippen LogP) is 4.82. The maximum atomic E-state index is 9.04. The van der Waals surface area contributed by atoms with E-state index in [4.69, 9.17) is 5.26 Å². The van der Waals surface area contributed by atoms with Gasteiger partial charge in [-0.15, -0.1) is 0 Å². The molecule has 0 fully saturated rings. The monoisotopic (exact) mass is 392 g/mol. The molecule has 2 aromatic carbocycles. The Hall–Kier alpha value is -2.35. The molecule has 156 valence electrons. The Kier molecular flexibility index (Phi) is 9.18. The molecular weight excluding hydrogens is 356 g/mol. The number of nitrogens with zero attached hydrogens (tertiary/aromatic N) is 3. The minimum atomic E-state index is 0.338. The number of para-hydroxylation sites is 1. The van der Waals surface area contributed by atoms with Crippen molar-refractivity contribution in [3.8, 4) is 6.07 Å². The van der Waals surface area contributed by atoms with Gasteiger partial charge in [0.05, 0.1) is 11.6 Å². The number of benzene rings is 2. The molecule has 0 saturated carbocycles. The Balaban J connectivity index is 2.07. The summed E-state index contributed by atoms with van der Waals surface area (Å²) in [5.74, 6) is 0. The number of nitrogens with one attached hydrogen (secondary N) is 1. The minimum absolute atomic E-state index is 0.338. The molecule has 4 heteroatoms. The molecule has 4 nitrogen and oxygen atoms in total. The Morgan fingerprint density at radius 1 is 0.931 bits per heavy atom. The zero-order valence-corrected chi connectivity index (χ0v) is 18.7. The first-order chi connectivity index (χ1) is 14.0. The van der Waals surface area contributed by atoms with Crippen LogP contribution in [0.4, 0.5) is 5.69 Å². The lowest BCUT2D eigenvalue weighted by molar-refractivity contribution is 0.204. The number of hydrogen-bond acceptors (Lipinski definition) is 4. The van der Waals surface area contributed by atoms with Gasteiger partial charge in [0.2, 0.25) is 0 Å². The van der Waals surface area contributed by atoms with Gasteiger partial charge in [0.15, 0.2) is 0 Å². The van der Waals surface area contributed by atoms with Crippen LogP contribution in [-0.4, -0.2) is 48.6 Å². The highest BCUT2D eigenvalue weighted by Gasteiger charge is 2.14. The summed E-state index contributed by atoms with van der Waals surface area (Å²) >= 11 is 0. The third-order valence-corrected chi connectivity index (χ3v) is 5.52. The topological polar surface area (TPSA) is 42.3 Å². The maximum absolute atomic E-state index is 9.04. The van der Waals surface area contributed by atoms with Gasteiger partial charge in [0, 0.05) is 37.9 Å². The van der Waals surface area contributed by atoms with Gasteiger partial charge >= 0.3 is 0 Å². The molecule has 0 aliphatic heterocycles. The average Bonchev–Trinajstić information content (AvgIpc) is 2.72. The van der Waals surface area contributed by atoms with Crippen molar-refractivity contribution in [3.63, 3.8) is 0 Å². The summed E-state index contributed by atoms with van der Waals surface area (Å²) in [4.78, 5) is 4.99. The molecule has 0 spiro atoms. The second-order valence-electron chi connectivity index (χ2n) is 7.88. The number of hydrogen-bond donors (Lipinski definition) is 1.